The highest BCUT2D eigenvalue weighted by Gasteiger charge is 2.35. The van der Waals surface area contributed by atoms with Gasteiger partial charge in [-0.05, 0) is 49.8 Å². The van der Waals surface area contributed by atoms with Crippen LogP contribution in [0, 0.1) is 5.41 Å². The Balaban J connectivity index is 1.97. The molecule has 3 rings (SSSR count). The van der Waals surface area contributed by atoms with Gasteiger partial charge in [0.05, 0.1) is 0 Å². The third-order valence-corrected chi connectivity index (χ3v) is 4.60. The highest BCUT2D eigenvalue weighted by Crippen LogP contribution is 2.36. The fraction of sp³-hybridized carbons (Fsp3) is 0.167. The third kappa shape index (κ3) is 6.18. The van der Waals surface area contributed by atoms with Gasteiger partial charge in [-0.25, -0.2) is 9.97 Å². The van der Waals surface area contributed by atoms with E-state index in [-0.39, 0.29) is 23.5 Å². The molecule has 0 bridgehead atoms. The minimum absolute atomic E-state index is 0.00825. The summed E-state index contributed by atoms with van der Waals surface area (Å²) in [6, 6.07) is 11.2. The highest BCUT2D eigenvalue weighted by atomic mass is 19.4. The first kappa shape index (κ1) is 24.4. The Morgan fingerprint density at radius 1 is 1.18 bits per heavy atom. The molecule has 0 unspecified atom stereocenters. The number of nitrogens with one attached hydrogen (secondary N) is 3. The second-order valence-electron chi connectivity index (χ2n) is 7.69. The number of amides is 1. The molecule has 0 atom stereocenters. The number of nitrogens with two attached hydrogens (primary N) is 1. The fourth-order valence-corrected chi connectivity index (χ4v) is 3.02. The van der Waals surface area contributed by atoms with E-state index < -0.39 is 17.6 Å². The van der Waals surface area contributed by atoms with Crippen molar-refractivity contribution in [2.24, 2.45) is 0 Å². The van der Waals surface area contributed by atoms with Gasteiger partial charge in [-0.15, -0.1) is 0 Å². The van der Waals surface area contributed by atoms with E-state index in [2.05, 4.69) is 20.6 Å². The summed E-state index contributed by atoms with van der Waals surface area (Å²) in [5.74, 6) is -0.624. The first-order valence-electron chi connectivity index (χ1n) is 10.3. The minimum atomic E-state index is -4.69. The molecule has 2 aromatic carbocycles. The quantitative estimate of drug-likeness (QED) is 0.221. The Morgan fingerprint density at radius 2 is 1.94 bits per heavy atom. The summed E-state index contributed by atoms with van der Waals surface area (Å²) in [6.45, 7) is 3.69. The van der Waals surface area contributed by atoms with Crippen molar-refractivity contribution in [3.05, 3.63) is 71.4 Å². The van der Waals surface area contributed by atoms with Gasteiger partial charge in [-0.1, -0.05) is 18.2 Å². The van der Waals surface area contributed by atoms with Gasteiger partial charge in [-0.3, -0.25) is 4.79 Å². The summed E-state index contributed by atoms with van der Waals surface area (Å²) >= 11 is 0. The Kier molecular flexibility index (Phi) is 7.30. The van der Waals surface area contributed by atoms with Gasteiger partial charge in [0.2, 0.25) is 5.91 Å². The van der Waals surface area contributed by atoms with Crippen LogP contribution in [0.25, 0.3) is 17.5 Å². The van der Waals surface area contributed by atoms with Gasteiger partial charge in [0.25, 0.3) is 0 Å². The first-order chi connectivity index (χ1) is 16.1. The lowest BCUT2D eigenvalue weighted by atomic mass is 10.1. The molecule has 0 radical (unpaired) electrons. The maximum Gasteiger partial charge on any atom is 0.421 e. The first-order valence-corrected chi connectivity index (χ1v) is 10.3. The second-order valence-corrected chi connectivity index (χ2v) is 7.69. The van der Waals surface area contributed by atoms with Crippen LogP contribution < -0.4 is 16.4 Å². The van der Waals surface area contributed by atoms with E-state index in [0.717, 1.165) is 12.4 Å². The van der Waals surface area contributed by atoms with E-state index in [1.165, 1.54) is 24.3 Å². The molecule has 3 aromatic rings. The SMILES string of the molecule is CC(C)NC(=O)/C=C/c1cccc(-c2ncc(C(F)(F)F)c(Nc3ccc(N)c(C=N)c3)n2)c1. The zero-order valence-electron chi connectivity index (χ0n) is 18.4. The van der Waals surface area contributed by atoms with Gasteiger partial charge >= 0.3 is 6.18 Å². The van der Waals surface area contributed by atoms with E-state index >= 15 is 0 Å². The van der Waals surface area contributed by atoms with Gasteiger partial charge < -0.3 is 21.8 Å². The molecule has 10 heteroatoms. The molecule has 5 N–H and O–H groups in total. The van der Waals surface area contributed by atoms with Crippen LogP contribution >= 0.6 is 0 Å². The van der Waals surface area contributed by atoms with Gasteiger partial charge in [0, 0.05) is 47.0 Å². The topological polar surface area (TPSA) is 117 Å². The van der Waals surface area contributed by atoms with Crippen LogP contribution in [0.5, 0.6) is 0 Å². The van der Waals surface area contributed by atoms with Crippen molar-refractivity contribution in [1.82, 2.24) is 15.3 Å². The van der Waals surface area contributed by atoms with Crippen molar-refractivity contribution in [2.75, 3.05) is 11.1 Å². The Hall–Kier alpha value is -4.21. The Labute approximate surface area is 194 Å². The van der Waals surface area contributed by atoms with E-state index in [1.807, 2.05) is 13.8 Å². The molecule has 0 fully saturated rings. The van der Waals surface area contributed by atoms with Crippen molar-refractivity contribution in [1.29, 1.82) is 5.41 Å². The molecule has 0 saturated heterocycles. The number of anilines is 3. The summed E-state index contributed by atoms with van der Waals surface area (Å²) in [7, 11) is 0. The number of nitrogens with zero attached hydrogens (tertiary/aromatic N) is 2. The van der Waals surface area contributed by atoms with Crippen LogP contribution in [-0.2, 0) is 11.0 Å². The predicted molar refractivity (Wildman–Crippen MR) is 127 cm³/mol. The number of alkyl halides is 3. The number of hydrogen-bond donors (Lipinski definition) is 4. The molecule has 0 aliphatic rings. The number of rotatable bonds is 7. The molecule has 0 saturated carbocycles. The summed E-state index contributed by atoms with van der Waals surface area (Å²) in [4.78, 5) is 19.9. The van der Waals surface area contributed by atoms with E-state index in [4.69, 9.17) is 11.1 Å². The number of hydrogen-bond acceptors (Lipinski definition) is 6. The number of carbonyl (C=O) groups excluding carboxylic acids is 1. The lowest BCUT2D eigenvalue weighted by molar-refractivity contribution is -0.137. The highest BCUT2D eigenvalue weighted by molar-refractivity contribution is 5.92. The maximum absolute atomic E-state index is 13.6. The van der Waals surface area contributed by atoms with Crippen molar-refractivity contribution < 1.29 is 18.0 Å². The maximum atomic E-state index is 13.6. The van der Waals surface area contributed by atoms with Crippen LogP contribution in [0.2, 0.25) is 0 Å². The normalized spacial score (nSPS) is 11.6. The average Bonchev–Trinajstić information content (AvgIpc) is 2.78. The fourth-order valence-electron chi connectivity index (χ4n) is 3.02. The van der Waals surface area contributed by atoms with Crippen LogP contribution in [0.3, 0.4) is 0 Å². The molecular formula is C24H23F3N6O. The lowest BCUT2D eigenvalue weighted by Gasteiger charge is -2.15. The van der Waals surface area contributed by atoms with Crippen molar-refractivity contribution in [3.63, 3.8) is 0 Å². The van der Waals surface area contributed by atoms with Gasteiger partial charge in [0.1, 0.15) is 11.4 Å². The standard InChI is InChI=1S/C24H23F3N6O/c1-14(2)31-21(34)9-6-15-4-3-5-16(10-15)22-30-13-19(24(25,26)27)23(33-22)32-18-7-8-20(29)17(11-18)12-28/h3-14,28H,29H2,1-2H3,(H,31,34)(H,30,32,33)/b9-6+,28-12?. The molecule has 176 valence electrons. The van der Waals surface area contributed by atoms with Crippen molar-refractivity contribution in [3.8, 4) is 11.4 Å². The third-order valence-electron chi connectivity index (χ3n) is 4.60. The molecule has 0 aliphatic carbocycles. The van der Waals surface area contributed by atoms with Crippen molar-refractivity contribution in [2.45, 2.75) is 26.1 Å². The van der Waals surface area contributed by atoms with Crippen LogP contribution in [0.4, 0.5) is 30.4 Å². The summed E-state index contributed by atoms with van der Waals surface area (Å²) in [5.41, 5.74) is 6.82. The predicted octanol–water partition coefficient (Wildman–Crippen LogP) is 5.02. The van der Waals surface area contributed by atoms with E-state index in [9.17, 15) is 18.0 Å². The van der Waals surface area contributed by atoms with Gasteiger partial charge in [-0.2, -0.15) is 13.2 Å². The lowest BCUT2D eigenvalue weighted by Crippen LogP contribution is -2.28. The van der Waals surface area contributed by atoms with Gasteiger partial charge in [0.15, 0.2) is 5.82 Å². The summed E-state index contributed by atoms with van der Waals surface area (Å²) < 4.78 is 40.8. The molecule has 7 nitrogen and oxygen atoms in total. The second kappa shape index (κ2) is 10.2. The number of carbonyl (C=O) groups is 1. The van der Waals surface area contributed by atoms with Crippen LogP contribution in [0.15, 0.2) is 54.7 Å². The van der Waals surface area contributed by atoms with Crippen LogP contribution in [-0.4, -0.2) is 28.1 Å². The molecule has 0 aliphatic heterocycles. The average molecular weight is 468 g/mol. The Morgan fingerprint density at radius 3 is 2.62 bits per heavy atom. The zero-order chi connectivity index (χ0) is 24.9. The monoisotopic (exact) mass is 468 g/mol. The number of benzene rings is 2. The Bertz CT molecular complexity index is 1240. The molecule has 1 amide bonds. The molecule has 34 heavy (non-hydrogen) atoms. The molecule has 1 aromatic heterocycles. The minimum Gasteiger partial charge on any atom is -0.398 e. The summed E-state index contributed by atoms with van der Waals surface area (Å²) in [5, 5.41) is 12.8. The summed E-state index contributed by atoms with van der Waals surface area (Å²) in [6.07, 6.45) is 0.0158. The van der Waals surface area contributed by atoms with Crippen molar-refractivity contribution >= 4 is 35.4 Å². The molecule has 0 spiro atoms. The number of aromatic nitrogens is 2. The largest absolute Gasteiger partial charge is 0.421 e. The number of nitrogen functional groups attached to an aromatic ring is 1. The van der Waals surface area contributed by atoms with Crippen LogP contribution in [0.1, 0.15) is 30.5 Å². The number of halogens is 3. The van der Waals surface area contributed by atoms with E-state index in [0.29, 0.717) is 22.4 Å². The van der Waals surface area contributed by atoms with E-state index in [1.54, 1.807) is 30.3 Å². The molecule has 1 heterocycles. The molecular weight excluding hydrogens is 445 g/mol. The smallest absolute Gasteiger partial charge is 0.398 e. The zero-order valence-corrected chi connectivity index (χ0v) is 18.4.